The first kappa shape index (κ1) is 12.3. The van der Waals surface area contributed by atoms with Crippen molar-refractivity contribution < 1.29 is 9.47 Å². The van der Waals surface area contributed by atoms with Gasteiger partial charge in [0.2, 0.25) is 0 Å². The van der Waals surface area contributed by atoms with E-state index in [1.54, 1.807) is 7.11 Å². The number of rotatable bonds is 4. The van der Waals surface area contributed by atoms with E-state index in [1.165, 1.54) is 11.1 Å². The third kappa shape index (κ3) is 2.13. The van der Waals surface area contributed by atoms with Crippen LogP contribution < -0.4 is 10.1 Å². The monoisotopic (exact) mass is 265 g/mol. The van der Waals surface area contributed by atoms with Gasteiger partial charge >= 0.3 is 0 Å². The fourth-order valence-electron chi connectivity index (χ4n) is 2.72. The second kappa shape index (κ2) is 5.11. The predicted octanol–water partition coefficient (Wildman–Crippen LogP) is 2.01. The highest BCUT2D eigenvalue weighted by atomic mass is 32.2. The SMILES string of the molecule is CNC1c2cc(OC)ccc2CC1SC1COC1. The van der Waals surface area contributed by atoms with Crippen LogP contribution in [0.25, 0.3) is 0 Å². The Morgan fingerprint density at radius 3 is 2.83 bits per heavy atom. The van der Waals surface area contributed by atoms with Crippen molar-refractivity contribution in [1.82, 2.24) is 5.32 Å². The lowest BCUT2D eigenvalue weighted by atomic mass is 10.1. The van der Waals surface area contributed by atoms with Crippen LogP contribution in [0.1, 0.15) is 17.2 Å². The molecule has 0 spiro atoms. The summed E-state index contributed by atoms with van der Waals surface area (Å²) in [4.78, 5) is 0. The minimum Gasteiger partial charge on any atom is -0.497 e. The number of ether oxygens (including phenoxy) is 2. The Morgan fingerprint density at radius 1 is 1.39 bits per heavy atom. The summed E-state index contributed by atoms with van der Waals surface area (Å²) in [6.07, 6.45) is 1.14. The Morgan fingerprint density at radius 2 is 2.22 bits per heavy atom. The molecule has 1 aliphatic carbocycles. The molecule has 1 N–H and O–H groups in total. The summed E-state index contributed by atoms with van der Waals surface area (Å²) >= 11 is 2.07. The quantitative estimate of drug-likeness (QED) is 0.902. The fraction of sp³-hybridized carbons (Fsp3) is 0.571. The van der Waals surface area contributed by atoms with E-state index in [1.807, 2.05) is 7.05 Å². The summed E-state index contributed by atoms with van der Waals surface area (Å²) in [7, 11) is 3.77. The zero-order chi connectivity index (χ0) is 12.5. The second-order valence-electron chi connectivity index (χ2n) is 4.87. The highest BCUT2D eigenvalue weighted by Crippen LogP contribution is 2.42. The van der Waals surface area contributed by atoms with Gasteiger partial charge in [-0.05, 0) is 36.7 Å². The average molecular weight is 265 g/mol. The van der Waals surface area contributed by atoms with Gasteiger partial charge in [-0.2, -0.15) is 0 Å². The second-order valence-corrected chi connectivity index (χ2v) is 6.41. The number of fused-ring (bicyclic) bond motifs is 1. The van der Waals surface area contributed by atoms with Gasteiger partial charge in [0, 0.05) is 11.3 Å². The topological polar surface area (TPSA) is 30.5 Å². The van der Waals surface area contributed by atoms with Gasteiger partial charge in [0.1, 0.15) is 5.75 Å². The molecule has 18 heavy (non-hydrogen) atoms. The zero-order valence-electron chi connectivity index (χ0n) is 10.8. The lowest BCUT2D eigenvalue weighted by Crippen LogP contribution is -2.34. The summed E-state index contributed by atoms with van der Waals surface area (Å²) in [5.74, 6) is 0.951. The largest absolute Gasteiger partial charge is 0.497 e. The lowest BCUT2D eigenvalue weighted by molar-refractivity contribution is 0.0452. The molecule has 0 amide bonds. The molecule has 4 heteroatoms. The third-order valence-electron chi connectivity index (χ3n) is 3.77. The van der Waals surface area contributed by atoms with E-state index < -0.39 is 0 Å². The van der Waals surface area contributed by atoms with Crippen molar-refractivity contribution in [3.05, 3.63) is 29.3 Å². The predicted molar refractivity (Wildman–Crippen MR) is 74.5 cm³/mol. The Bertz CT molecular complexity index is 434. The summed E-state index contributed by atoms with van der Waals surface area (Å²) < 4.78 is 10.6. The fourth-order valence-corrected chi connectivity index (χ4v) is 4.28. The normalized spacial score (nSPS) is 26.8. The smallest absolute Gasteiger partial charge is 0.119 e. The van der Waals surface area contributed by atoms with Crippen molar-refractivity contribution in [1.29, 1.82) is 0 Å². The van der Waals surface area contributed by atoms with Crippen molar-refractivity contribution in [2.24, 2.45) is 0 Å². The summed E-state index contributed by atoms with van der Waals surface area (Å²) in [6.45, 7) is 1.83. The van der Waals surface area contributed by atoms with Crippen molar-refractivity contribution in [2.45, 2.75) is 23.0 Å². The number of hydrogen-bond donors (Lipinski definition) is 1. The first-order valence-corrected chi connectivity index (χ1v) is 7.33. The van der Waals surface area contributed by atoms with Crippen LogP contribution in [0.3, 0.4) is 0 Å². The maximum absolute atomic E-state index is 5.33. The maximum Gasteiger partial charge on any atom is 0.119 e. The highest BCUT2D eigenvalue weighted by molar-refractivity contribution is 8.00. The number of nitrogens with one attached hydrogen (secondary N) is 1. The molecule has 1 fully saturated rings. The van der Waals surface area contributed by atoms with Crippen LogP contribution in [0.15, 0.2) is 18.2 Å². The van der Waals surface area contributed by atoms with Gasteiger partial charge in [-0.1, -0.05) is 6.07 Å². The molecule has 0 radical (unpaired) electrons. The minimum atomic E-state index is 0.431. The van der Waals surface area contributed by atoms with E-state index in [0.29, 0.717) is 16.5 Å². The Kier molecular flexibility index (Phi) is 3.50. The maximum atomic E-state index is 5.33. The van der Waals surface area contributed by atoms with E-state index in [-0.39, 0.29) is 0 Å². The number of benzene rings is 1. The summed E-state index contributed by atoms with van der Waals surface area (Å²) in [5, 5.41) is 4.76. The first-order chi connectivity index (χ1) is 8.81. The minimum absolute atomic E-state index is 0.431. The molecule has 1 heterocycles. The molecule has 2 aliphatic rings. The molecule has 2 atom stereocenters. The zero-order valence-corrected chi connectivity index (χ0v) is 11.6. The van der Waals surface area contributed by atoms with Crippen molar-refractivity contribution in [3.63, 3.8) is 0 Å². The van der Waals surface area contributed by atoms with Crippen LogP contribution in [0.4, 0.5) is 0 Å². The molecule has 3 nitrogen and oxygen atoms in total. The van der Waals surface area contributed by atoms with Gasteiger partial charge in [-0.25, -0.2) is 0 Å². The molecule has 1 aromatic carbocycles. The molecule has 0 saturated carbocycles. The van der Waals surface area contributed by atoms with Gasteiger partial charge in [0.25, 0.3) is 0 Å². The molecule has 98 valence electrons. The van der Waals surface area contributed by atoms with E-state index >= 15 is 0 Å². The molecule has 1 aliphatic heterocycles. The number of methoxy groups -OCH3 is 1. The van der Waals surface area contributed by atoms with E-state index in [4.69, 9.17) is 9.47 Å². The average Bonchev–Trinajstić information content (AvgIpc) is 2.69. The van der Waals surface area contributed by atoms with Crippen LogP contribution in [0.2, 0.25) is 0 Å². The molecule has 1 saturated heterocycles. The Hall–Kier alpha value is -0.710. The van der Waals surface area contributed by atoms with Crippen LogP contribution in [0, 0.1) is 0 Å². The van der Waals surface area contributed by atoms with E-state index in [0.717, 1.165) is 25.4 Å². The van der Waals surface area contributed by atoms with Gasteiger partial charge in [0.15, 0.2) is 0 Å². The Balaban J connectivity index is 1.80. The van der Waals surface area contributed by atoms with Gasteiger partial charge in [-0.15, -0.1) is 11.8 Å². The molecular weight excluding hydrogens is 246 g/mol. The van der Waals surface area contributed by atoms with Crippen LogP contribution in [-0.4, -0.2) is 37.9 Å². The summed E-state index contributed by atoms with van der Waals surface area (Å²) in [6, 6.07) is 6.87. The number of thioether (sulfide) groups is 1. The van der Waals surface area contributed by atoms with Crippen LogP contribution in [-0.2, 0) is 11.2 Å². The van der Waals surface area contributed by atoms with Crippen molar-refractivity contribution >= 4 is 11.8 Å². The third-order valence-corrected chi connectivity index (χ3v) is 5.21. The highest BCUT2D eigenvalue weighted by Gasteiger charge is 2.35. The van der Waals surface area contributed by atoms with Gasteiger partial charge in [-0.3, -0.25) is 0 Å². The van der Waals surface area contributed by atoms with Crippen LogP contribution >= 0.6 is 11.8 Å². The van der Waals surface area contributed by atoms with Gasteiger partial charge < -0.3 is 14.8 Å². The van der Waals surface area contributed by atoms with Gasteiger partial charge in [0.05, 0.1) is 25.6 Å². The molecule has 1 aromatic rings. The van der Waals surface area contributed by atoms with Crippen LogP contribution in [0.5, 0.6) is 5.75 Å². The molecule has 2 unspecified atom stereocenters. The van der Waals surface area contributed by atoms with E-state index in [9.17, 15) is 0 Å². The molecule has 3 rings (SSSR count). The number of hydrogen-bond acceptors (Lipinski definition) is 4. The molecule has 0 aromatic heterocycles. The molecular formula is C14H19NO2S. The Labute approximate surface area is 112 Å². The van der Waals surface area contributed by atoms with E-state index in [2.05, 4.69) is 35.3 Å². The summed E-state index contributed by atoms with van der Waals surface area (Å²) in [5.41, 5.74) is 2.85. The lowest BCUT2D eigenvalue weighted by Gasteiger charge is -2.30. The first-order valence-electron chi connectivity index (χ1n) is 6.39. The standard InChI is InChI=1S/C14H19NO2S/c1-15-14-12-6-10(16-2)4-3-9(12)5-13(14)18-11-7-17-8-11/h3-4,6,11,13-15H,5,7-8H2,1-2H3. The van der Waals surface area contributed by atoms with Crippen molar-refractivity contribution in [3.8, 4) is 5.75 Å². The molecule has 0 bridgehead atoms. The van der Waals surface area contributed by atoms with Crippen molar-refractivity contribution in [2.75, 3.05) is 27.4 Å².